The number of carboxylic acids is 1. The van der Waals surface area contributed by atoms with Crippen LogP contribution in [0.4, 0.5) is 4.79 Å². The molecule has 5 heteroatoms. The molecule has 1 saturated carbocycles. The number of amides is 2. The third kappa shape index (κ3) is 3.78. The van der Waals surface area contributed by atoms with Gasteiger partial charge in [0.15, 0.2) is 0 Å². The third-order valence-electron chi connectivity index (χ3n) is 4.51. The van der Waals surface area contributed by atoms with Gasteiger partial charge in [0, 0.05) is 20.1 Å². The summed E-state index contributed by atoms with van der Waals surface area (Å²) in [5.74, 6) is -0.973. The summed E-state index contributed by atoms with van der Waals surface area (Å²) in [5, 5.41) is 11.8. The quantitative estimate of drug-likeness (QED) is 0.848. The first-order valence-electron chi connectivity index (χ1n) is 7.60. The van der Waals surface area contributed by atoms with E-state index in [1.165, 1.54) is 10.5 Å². The van der Waals surface area contributed by atoms with Crippen LogP contribution in [0.2, 0.25) is 0 Å². The number of hydrogen-bond acceptors (Lipinski definition) is 2. The van der Waals surface area contributed by atoms with Crippen LogP contribution in [-0.4, -0.2) is 42.1 Å². The molecule has 0 saturated heterocycles. The number of urea groups is 1. The first-order valence-corrected chi connectivity index (χ1v) is 7.60. The van der Waals surface area contributed by atoms with Crippen LogP contribution in [0.25, 0.3) is 0 Å². The number of nitrogens with one attached hydrogen (secondary N) is 1. The topological polar surface area (TPSA) is 69.6 Å². The van der Waals surface area contributed by atoms with E-state index < -0.39 is 11.9 Å². The largest absolute Gasteiger partial charge is 0.481 e. The fourth-order valence-corrected chi connectivity index (χ4v) is 2.79. The maximum absolute atomic E-state index is 12.0. The zero-order valence-corrected chi connectivity index (χ0v) is 13.4. The first-order chi connectivity index (χ1) is 10.3. The number of benzene rings is 1. The van der Waals surface area contributed by atoms with Gasteiger partial charge in [0.05, 0.1) is 5.92 Å². The number of nitrogens with zero attached hydrogens (tertiary/aromatic N) is 1. The fraction of sp³-hybridized carbons (Fsp3) is 0.529. The van der Waals surface area contributed by atoms with Gasteiger partial charge in [0.2, 0.25) is 0 Å². The Hall–Kier alpha value is -2.04. The molecule has 1 aliphatic rings. The molecule has 1 fully saturated rings. The van der Waals surface area contributed by atoms with Crippen LogP contribution in [0.5, 0.6) is 0 Å². The molecular weight excluding hydrogens is 280 g/mol. The Kier molecular flexibility index (Phi) is 4.74. The van der Waals surface area contributed by atoms with E-state index in [1.54, 1.807) is 14.0 Å². The van der Waals surface area contributed by atoms with Gasteiger partial charge >= 0.3 is 12.0 Å². The molecule has 2 N–H and O–H groups in total. The van der Waals surface area contributed by atoms with Crippen molar-refractivity contribution in [3.63, 3.8) is 0 Å². The summed E-state index contributed by atoms with van der Waals surface area (Å²) in [4.78, 5) is 24.3. The molecule has 0 heterocycles. The number of aliphatic carboxylic acids is 1. The lowest BCUT2D eigenvalue weighted by Gasteiger charge is -2.21. The van der Waals surface area contributed by atoms with Crippen LogP contribution in [0.1, 0.15) is 31.7 Å². The van der Waals surface area contributed by atoms with Crippen LogP contribution >= 0.6 is 0 Å². The molecule has 3 atom stereocenters. The van der Waals surface area contributed by atoms with Crippen molar-refractivity contribution in [3.05, 3.63) is 35.9 Å². The predicted octanol–water partition coefficient (Wildman–Crippen LogP) is 2.54. The second-order valence-electron chi connectivity index (χ2n) is 6.60. The zero-order valence-electron chi connectivity index (χ0n) is 13.4. The minimum Gasteiger partial charge on any atom is -0.481 e. The summed E-state index contributed by atoms with van der Waals surface area (Å²) in [5.41, 5.74) is 1.41. The van der Waals surface area contributed by atoms with Crippen LogP contribution in [0, 0.1) is 11.3 Å². The maximum atomic E-state index is 12.0. The van der Waals surface area contributed by atoms with Crippen molar-refractivity contribution < 1.29 is 14.7 Å². The molecule has 0 spiro atoms. The van der Waals surface area contributed by atoms with Crippen LogP contribution in [0.15, 0.2) is 30.3 Å². The summed E-state index contributed by atoms with van der Waals surface area (Å²) in [6.45, 7) is 4.59. The van der Waals surface area contributed by atoms with Crippen molar-refractivity contribution >= 4 is 12.0 Å². The standard InChI is InChI=1S/C17H24N2O3/c1-12(15(20)21)10-19(3)16(22)18-11-17(2)9-14(17)13-7-5-4-6-8-13/h4-8,12,14H,9-11H2,1-3H3,(H,18,22)(H,20,21)/t12?,14-,17-/m0/s1. The normalized spacial score (nSPS) is 24.4. The average Bonchev–Trinajstić information content (AvgIpc) is 3.18. The van der Waals surface area contributed by atoms with Crippen LogP contribution in [-0.2, 0) is 4.79 Å². The lowest BCUT2D eigenvalue weighted by Crippen LogP contribution is -2.42. The van der Waals surface area contributed by atoms with Crippen LogP contribution < -0.4 is 5.32 Å². The van der Waals surface area contributed by atoms with Crippen molar-refractivity contribution in [3.8, 4) is 0 Å². The van der Waals surface area contributed by atoms with Crippen molar-refractivity contribution in [2.75, 3.05) is 20.1 Å². The van der Waals surface area contributed by atoms with Gasteiger partial charge in [-0.25, -0.2) is 4.79 Å². The van der Waals surface area contributed by atoms with E-state index in [2.05, 4.69) is 24.4 Å². The summed E-state index contributed by atoms with van der Waals surface area (Å²) in [7, 11) is 1.62. The lowest BCUT2D eigenvalue weighted by molar-refractivity contribution is -0.141. The Bertz CT molecular complexity index is 546. The number of carboxylic acid groups (broad SMARTS) is 1. The molecule has 2 amide bonds. The molecular formula is C17H24N2O3. The van der Waals surface area contributed by atoms with E-state index in [1.807, 2.05) is 18.2 Å². The minimum absolute atomic E-state index is 0.0935. The number of hydrogen-bond donors (Lipinski definition) is 2. The molecule has 1 unspecified atom stereocenters. The highest BCUT2D eigenvalue weighted by molar-refractivity contribution is 5.75. The summed E-state index contributed by atoms with van der Waals surface area (Å²) in [6, 6.07) is 10.1. The van der Waals surface area contributed by atoms with Gasteiger partial charge in [-0.2, -0.15) is 0 Å². The fourth-order valence-electron chi connectivity index (χ4n) is 2.79. The van der Waals surface area contributed by atoms with Crippen molar-refractivity contribution in [2.45, 2.75) is 26.2 Å². The van der Waals surface area contributed by atoms with E-state index >= 15 is 0 Å². The third-order valence-corrected chi connectivity index (χ3v) is 4.51. The molecule has 0 bridgehead atoms. The highest BCUT2D eigenvalue weighted by atomic mass is 16.4. The SMILES string of the molecule is CC(CN(C)C(=O)NC[C@]1(C)C[C@H]1c1ccccc1)C(=O)O. The van der Waals surface area contributed by atoms with Crippen molar-refractivity contribution in [1.82, 2.24) is 10.2 Å². The number of rotatable bonds is 6. The second kappa shape index (κ2) is 6.38. The number of carbonyl (C=O) groups excluding carboxylic acids is 1. The van der Waals surface area contributed by atoms with E-state index in [9.17, 15) is 9.59 Å². The molecule has 0 aromatic heterocycles. The second-order valence-corrected chi connectivity index (χ2v) is 6.60. The Labute approximate surface area is 131 Å². The summed E-state index contributed by atoms with van der Waals surface area (Å²) >= 11 is 0. The van der Waals surface area contributed by atoms with Gasteiger partial charge in [-0.3, -0.25) is 4.79 Å². The summed E-state index contributed by atoms with van der Waals surface area (Å²) in [6.07, 6.45) is 1.06. The average molecular weight is 304 g/mol. The molecule has 1 aromatic carbocycles. The molecule has 1 aromatic rings. The zero-order chi connectivity index (χ0) is 16.3. The van der Waals surface area contributed by atoms with E-state index in [0.29, 0.717) is 12.5 Å². The maximum Gasteiger partial charge on any atom is 0.317 e. The van der Waals surface area contributed by atoms with E-state index in [-0.39, 0.29) is 18.0 Å². The smallest absolute Gasteiger partial charge is 0.317 e. The molecule has 0 radical (unpaired) electrons. The molecule has 0 aliphatic heterocycles. The van der Waals surface area contributed by atoms with Crippen molar-refractivity contribution in [2.24, 2.45) is 11.3 Å². The van der Waals surface area contributed by atoms with Crippen LogP contribution in [0.3, 0.4) is 0 Å². The Balaban J connectivity index is 1.81. The molecule has 5 nitrogen and oxygen atoms in total. The molecule has 2 rings (SSSR count). The Morgan fingerprint density at radius 1 is 1.41 bits per heavy atom. The molecule has 22 heavy (non-hydrogen) atoms. The van der Waals surface area contributed by atoms with Gasteiger partial charge in [-0.15, -0.1) is 0 Å². The van der Waals surface area contributed by atoms with Gasteiger partial charge < -0.3 is 15.3 Å². The Morgan fingerprint density at radius 3 is 2.64 bits per heavy atom. The first kappa shape index (κ1) is 16.3. The highest BCUT2D eigenvalue weighted by Crippen LogP contribution is 2.58. The lowest BCUT2D eigenvalue weighted by atomic mass is 10.0. The Morgan fingerprint density at radius 2 is 2.05 bits per heavy atom. The van der Waals surface area contributed by atoms with E-state index in [0.717, 1.165) is 6.42 Å². The van der Waals surface area contributed by atoms with E-state index in [4.69, 9.17) is 5.11 Å². The van der Waals surface area contributed by atoms with Gasteiger partial charge in [0.1, 0.15) is 0 Å². The summed E-state index contributed by atoms with van der Waals surface area (Å²) < 4.78 is 0. The van der Waals surface area contributed by atoms with Gasteiger partial charge in [0.25, 0.3) is 0 Å². The molecule has 1 aliphatic carbocycles. The number of carbonyl (C=O) groups is 2. The predicted molar refractivity (Wildman–Crippen MR) is 84.7 cm³/mol. The highest BCUT2D eigenvalue weighted by Gasteiger charge is 2.50. The van der Waals surface area contributed by atoms with Gasteiger partial charge in [-0.1, -0.05) is 44.2 Å². The van der Waals surface area contributed by atoms with Crippen molar-refractivity contribution in [1.29, 1.82) is 0 Å². The monoisotopic (exact) mass is 304 g/mol. The molecule has 120 valence electrons. The minimum atomic E-state index is -0.891. The van der Waals surface area contributed by atoms with Gasteiger partial charge in [-0.05, 0) is 23.3 Å².